The van der Waals surface area contributed by atoms with Crippen LogP contribution in [-0.4, -0.2) is 25.2 Å². The highest BCUT2D eigenvalue weighted by atomic mass is 16.4. The number of carboxylic acids is 1. The summed E-state index contributed by atoms with van der Waals surface area (Å²) in [6.07, 6.45) is -0.251. The molecule has 2 aromatic rings. The minimum absolute atomic E-state index is 0.251. The number of hydrogen-bond donors (Lipinski definition) is 2. The number of H-pyrrole nitrogens is 1. The lowest BCUT2D eigenvalue weighted by Gasteiger charge is -2.03. The van der Waals surface area contributed by atoms with E-state index in [-0.39, 0.29) is 11.8 Å². The molecule has 0 bridgehead atoms. The van der Waals surface area contributed by atoms with Gasteiger partial charge in [0.15, 0.2) is 0 Å². The Labute approximate surface area is 101 Å². The SMILES string of the molecule is Cc1[nH]c2c(c1CC(=O)O)c(=O)n(C)c(=O)n2C. The summed E-state index contributed by atoms with van der Waals surface area (Å²) in [5.41, 5.74) is 0.445. The summed E-state index contributed by atoms with van der Waals surface area (Å²) in [4.78, 5) is 37.5. The van der Waals surface area contributed by atoms with Crippen LogP contribution in [0.2, 0.25) is 0 Å². The van der Waals surface area contributed by atoms with E-state index in [1.165, 1.54) is 18.7 Å². The number of nitrogens with zero attached hydrogens (tertiary/aromatic N) is 2. The Balaban J connectivity index is 2.99. The van der Waals surface area contributed by atoms with Crippen LogP contribution in [0.5, 0.6) is 0 Å². The van der Waals surface area contributed by atoms with E-state index < -0.39 is 17.2 Å². The third-order valence-electron chi connectivity index (χ3n) is 3.05. The van der Waals surface area contributed by atoms with Crippen LogP contribution in [0.3, 0.4) is 0 Å². The highest BCUT2D eigenvalue weighted by Gasteiger charge is 2.18. The highest BCUT2D eigenvalue weighted by Crippen LogP contribution is 2.17. The molecule has 0 aromatic carbocycles. The smallest absolute Gasteiger partial charge is 0.332 e. The number of carboxylic acid groups (broad SMARTS) is 1. The molecule has 0 aliphatic heterocycles. The first-order chi connectivity index (χ1) is 8.34. The largest absolute Gasteiger partial charge is 0.481 e. The fraction of sp³-hybridized carbons (Fsp3) is 0.364. The summed E-state index contributed by atoms with van der Waals surface area (Å²) in [5, 5.41) is 9.13. The topological polar surface area (TPSA) is 97.1 Å². The van der Waals surface area contributed by atoms with E-state index in [0.29, 0.717) is 16.9 Å². The number of aliphatic carboxylic acids is 1. The van der Waals surface area contributed by atoms with Crippen LogP contribution in [0.25, 0.3) is 11.0 Å². The molecule has 18 heavy (non-hydrogen) atoms. The third kappa shape index (κ3) is 1.55. The predicted octanol–water partition coefficient (Wildman–Crippen LogP) is -0.499. The normalized spacial score (nSPS) is 11.1. The Morgan fingerprint density at radius 2 is 1.89 bits per heavy atom. The van der Waals surface area contributed by atoms with Gasteiger partial charge in [0.2, 0.25) is 0 Å². The minimum Gasteiger partial charge on any atom is -0.481 e. The van der Waals surface area contributed by atoms with Crippen LogP contribution in [0.15, 0.2) is 9.59 Å². The molecule has 0 saturated heterocycles. The van der Waals surface area contributed by atoms with Gasteiger partial charge in [-0.2, -0.15) is 0 Å². The molecule has 96 valence electrons. The maximum absolute atomic E-state index is 12.1. The summed E-state index contributed by atoms with van der Waals surface area (Å²) in [6, 6.07) is 0. The molecular weight excluding hydrogens is 238 g/mol. The quantitative estimate of drug-likeness (QED) is 0.752. The van der Waals surface area contributed by atoms with Crippen molar-refractivity contribution in [2.45, 2.75) is 13.3 Å². The van der Waals surface area contributed by atoms with E-state index in [4.69, 9.17) is 5.11 Å². The maximum atomic E-state index is 12.1. The van der Waals surface area contributed by atoms with Crippen molar-refractivity contribution in [3.05, 3.63) is 32.1 Å². The van der Waals surface area contributed by atoms with E-state index in [1.807, 2.05) is 0 Å². The average molecular weight is 251 g/mol. The first-order valence-electron chi connectivity index (χ1n) is 5.33. The monoisotopic (exact) mass is 251 g/mol. The zero-order valence-electron chi connectivity index (χ0n) is 10.3. The lowest BCUT2D eigenvalue weighted by molar-refractivity contribution is -0.136. The molecule has 0 spiro atoms. The Morgan fingerprint density at radius 1 is 1.28 bits per heavy atom. The number of nitrogens with one attached hydrogen (secondary N) is 1. The molecule has 0 atom stereocenters. The second-order valence-electron chi connectivity index (χ2n) is 4.23. The molecule has 0 amide bonds. The molecule has 0 unspecified atom stereocenters. The minimum atomic E-state index is -1.02. The van der Waals surface area contributed by atoms with Gasteiger partial charge in [-0.25, -0.2) is 4.79 Å². The van der Waals surface area contributed by atoms with E-state index >= 15 is 0 Å². The van der Waals surface area contributed by atoms with Gasteiger partial charge >= 0.3 is 11.7 Å². The number of aromatic nitrogens is 3. The van der Waals surface area contributed by atoms with E-state index in [2.05, 4.69) is 4.98 Å². The molecule has 2 heterocycles. The number of rotatable bonds is 2. The van der Waals surface area contributed by atoms with Crippen LogP contribution in [0.4, 0.5) is 0 Å². The van der Waals surface area contributed by atoms with Crippen LogP contribution in [0.1, 0.15) is 11.3 Å². The van der Waals surface area contributed by atoms with E-state index in [9.17, 15) is 14.4 Å². The van der Waals surface area contributed by atoms with E-state index in [1.54, 1.807) is 6.92 Å². The first kappa shape index (κ1) is 12.2. The number of aromatic amines is 1. The molecule has 0 aliphatic carbocycles. The van der Waals surface area contributed by atoms with Gasteiger partial charge in [-0.15, -0.1) is 0 Å². The lowest BCUT2D eigenvalue weighted by atomic mass is 10.1. The Morgan fingerprint density at radius 3 is 2.44 bits per heavy atom. The standard InChI is InChI=1S/C11H13N3O4/c1-5-6(4-7(15)16)8-9(12-5)13(2)11(18)14(3)10(8)17/h12H,4H2,1-3H3,(H,15,16). The van der Waals surface area contributed by atoms with Crippen molar-refractivity contribution in [3.63, 3.8) is 0 Å². The van der Waals surface area contributed by atoms with Gasteiger partial charge in [-0.05, 0) is 12.5 Å². The lowest BCUT2D eigenvalue weighted by Crippen LogP contribution is -2.37. The van der Waals surface area contributed by atoms with E-state index in [0.717, 1.165) is 4.57 Å². The molecule has 2 rings (SSSR count). The number of fused-ring (bicyclic) bond motifs is 1. The molecule has 0 fully saturated rings. The van der Waals surface area contributed by atoms with Crippen molar-refractivity contribution in [3.8, 4) is 0 Å². The van der Waals surface area contributed by atoms with Crippen molar-refractivity contribution >= 4 is 17.0 Å². The molecule has 7 heteroatoms. The van der Waals surface area contributed by atoms with Gasteiger partial charge in [0, 0.05) is 19.8 Å². The van der Waals surface area contributed by atoms with Gasteiger partial charge < -0.3 is 10.1 Å². The Hall–Kier alpha value is -2.31. The van der Waals surface area contributed by atoms with Crippen molar-refractivity contribution in [2.75, 3.05) is 0 Å². The number of hydrogen-bond acceptors (Lipinski definition) is 3. The molecule has 2 aromatic heterocycles. The van der Waals surface area contributed by atoms with Crippen LogP contribution in [-0.2, 0) is 25.3 Å². The van der Waals surface area contributed by atoms with Crippen molar-refractivity contribution in [1.29, 1.82) is 0 Å². The molecule has 0 radical (unpaired) electrons. The summed E-state index contributed by atoms with van der Waals surface area (Å²) in [7, 11) is 2.90. The average Bonchev–Trinajstić information content (AvgIpc) is 2.61. The molecule has 0 aliphatic rings. The first-order valence-corrected chi connectivity index (χ1v) is 5.33. The van der Waals surface area contributed by atoms with Crippen molar-refractivity contribution < 1.29 is 9.90 Å². The van der Waals surface area contributed by atoms with Gasteiger partial charge in [0.05, 0.1) is 11.8 Å². The number of carbonyl (C=O) groups is 1. The highest BCUT2D eigenvalue weighted by molar-refractivity contribution is 5.85. The van der Waals surface area contributed by atoms with Gasteiger partial charge in [-0.3, -0.25) is 18.7 Å². The van der Waals surface area contributed by atoms with Crippen molar-refractivity contribution in [1.82, 2.24) is 14.1 Å². The van der Waals surface area contributed by atoms with Gasteiger partial charge in [0.1, 0.15) is 5.65 Å². The molecule has 2 N–H and O–H groups in total. The van der Waals surface area contributed by atoms with Crippen LogP contribution >= 0.6 is 0 Å². The third-order valence-corrected chi connectivity index (χ3v) is 3.05. The zero-order chi connectivity index (χ0) is 13.6. The Kier molecular flexibility index (Phi) is 2.61. The van der Waals surface area contributed by atoms with Crippen LogP contribution < -0.4 is 11.2 Å². The summed E-state index contributed by atoms with van der Waals surface area (Å²) >= 11 is 0. The second-order valence-corrected chi connectivity index (χ2v) is 4.23. The molecule has 7 nitrogen and oxygen atoms in total. The fourth-order valence-electron chi connectivity index (χ4n) is 2.08. The number of aryl methyl sites for hydroxylation is 2. The predicted molar refractivity (Wildman–Crippen MR) is 64.9 cm³/mol. The van der Waals surface area contributed by atoms with Gasteiger partial charge in [-0.1, -0.05) is 0 Å². The summed E-state index contributed by atoms with van der Waals surface area (Å²) in [5.74, 6) is -1.02. The maximum Gasteiger partial charge on any atom is 0.332 e. The summed E-state index contributed by atoms with van der Waals surface area (Å²) in [6.45, 7) is 1.68. The Bertz CT molecular complexity index is 763. The summed E-state index contributed by atoms with van der Waals surface area (Å²) < 4.78 is 2.27. The molecular formula is C11H13N3O4. The van der Waals surface area contributed by atoms with Crippen molar-refractivity contribution in [2.24, 2.45) is 14.1 Å². The zero-order valence-corrected chi connectivity index (χ0v) is 10.3. The fourth-order valence-corrected chi connectivity index (χ4v) is 2.08. The second kappa shape index (κ2) is 3.86. The molecule has 0 saturated carbocycles. The van der Waals surface area contributed by atoms with Crippen LogP contribution in [0, 0.1) is 6.92 Å². The van der Waals surface area contributed by atoms with Gasteiger partial charge in [0.25, 0.3) is 5.56 Å².